The number of amides is 1. The molecule has 0 spiro atoms. The predicted molar refractivity (Wildman–Crippen MR) is 121 cm³/mol. The molecule has 1 aromatic heterocycles. The molecule has 176 valence electrons. The van der Waals surface area contributed by atoms with Crippen molar-refractivity contribution < 1.29 is 78.5 Å². The van der Waals surface area contributed by atoms with Crippen LogP contribution in [0.25, 0.3) is 22.5 Å². The van der Waals surface area contributed by atoms with Gasteiger partial charge in [0.1, 0.15) is 6.04 Å². The van der Waals surface area contributed by atoms with E-state index in [-0.39, 0.29) is 82.2 Å². The van der Waals surface area contributed by atoms with Gasteiger partial charge in [0.25, 0.3) is 0 Å². The Kier molecular flexibility index (Phi) is 13.1. The van der Waals surface area contributed by atoms with Crippen molar-refractivity contribution in [2.75, 3.05) is 0 Å². The molecule has 3 aromatic rings. The molecule has 8 nitrogen and oxygen atoms in total. The molecule has 1 heterocycles. The Balaban J connectivity index is 0.00000289. The minimum absolute atomic E-state index is 0. The molecule has 1 amide bonds. The average Bonchev–Trinajstić information content (AvgIpc) is 3.32. The van der Waals surface area contributed by atoms with Crippen LogP contribution in [0.1, 0.15) is 45.6 Å². The largest absolute Gasteiger partial charge is 1.00 e. The molecule has 0 fully saturated rings. The number of tetrazole rings is 1. The second-order valence-corrected chi connectivity index (χ2v) is 8.14. The fourth-order valence-electron chi connectivity index (χ4n) is 3.79. The number of rotatable bonds is 10. The Morgan fingerprint density at radius 2 is 1.71 bits per heavy atom. The Morgan fingerprint density at radius 1 is 1.06 bits per heavy atom. The maximum Gasteiger partial charge on any atom is 1.00 e. The van der Waals surface area contributed by atoms with E-state index in [4.69, 9.17) is 0 Å². The van der Waals surface area contributed by atoms with Crippen LogP contribution < -0.4 is 63.8 Å². The topological polar surface area (TPSA) is 112 Å². The van der Waals surface area contributed by atoms with Gasteiger partial charge in [-0.1, -0.05) is 75.7 Å². The molecule has 2 N–H and O–H groups in total. The first-order valence-corrected chi connectivity index (χ1v) is 10.9. The molecule has 0 saturated heterocycles. The van der Waals surface area contributed by atoms with Gasteiger partial charge >= 0.3 is 57.4 Å². The molecule has 0 aliphatic heterocycles. The van der Waals surface area contributed by atoms with Crippen LogP contribution in [0, 0.1) is 5.92 Å². The van der Waals surface area contributed by atoms with Crippen molar-refractivity contribution in [1.29, 1.82) is 0 Å². The summed E-state index contributed by atoms with van der Waals surface area (Å²) in [4.78, 5) is 26.3. The van der Waals surface area contributed by atoms with Crippen LogP contribution in [0.4, 0.5) is 0 Å². The first-order chi connectivity index (χ1) is 15.4. The van der Waals surface area contributed by atoms with Crippen molar-refractivity contribution in [3.8, 4) is 22.5 Å². The van der Waals surface area contributed by atoms with Gasteiger partial charge in [-0.15, -0.1) is 5.10 Å². The number of aromatic nitrogens is 4. The number of nitrogens with zero attached hydrogens (tertiary/aromatic N) is 4. The van der Waals surface area contributed by atoms with E-state index in [0.29, 0.717) is 12.2 Å². The van der Waals surface area contributed by atoms with Crippen LogP contribution in [0.3, 0.4) is 0 Å². The maximum atomic E-state index is 12.9. The smallest absolute Gasteiger partial charge is 1.00 e. The molecule has 0 saturated carbocycles. The zero-order valence-corrected chi connectivity index (χ0v) is 23.9. The van der Waals surface area contributed by atoms with E-state index in [1.54, 1.807) is 0 Å². The van der Waals surface area contributed by atoms with Gasteiger partial charge in [0.05, 0.1) is 0 Å². The summed E-state index contributed by atoms with van der Waals surface area (Å²) in [7, 11) is 0. The number of carboxylic acids is 1. The van der Waals surface area contributed by atoms with E-state index >= 15 is 0 Å². The number of nitrogens with one attached hydrogen (secondary N) is 1. The number of benzene rings is 2. The van der Waals surface area contributed by atoms with Crippen LogP contribution in [-0.4, -0.2) is 48.5 Å². The Bertz CT molecular complexity index is 1050. The van der Waals surface area contributed by atoms with E-state index in [1.165, 1.54) is 4.90 Å². The summed E-state index contributed by atoms with van der Waals surface area (Å²) in [6.07, 6.45) is 1.98. The van der Waals surface area contributed by atoms with Crippen molar-refractivity contribution in [3.05, 3.63) is 54.1 Å². The number of halogens is 1. The van der Waals surface area contributed by atoms with Gasteiger partial charge in [-0.3, -0.25) is 4.79 Å². The summed E-state index contributed by atoms with van der Waals surface area (Å²) >= 11 is 0. The Hall–Kier alpha value is -1.62. The van der Waals surface area contributed by atoms with Crippen molar-refractivity contribution in [1.82, 2.24) is 25.5 Å². The second kappa shape index (κ2) is 14.7. The molecule has 0 unspecified atom stereocenters. The normalized spacial score (nSPS) is 11.3. The molecule has 10 heteroatoms. The summed E-state index contributed by atoms with van der Waals surface area (Å²) < 4.78 is 0. The number of hydrogen-bond donors (Lipinski definition) is 2. The molecule has 3 rings (SSSR count). The van der Waals surface area contributed by atoms with Gasteiger partial charge in [-0.05, 0) is 39.5 Å². The molecule has 0 bridgehead atoms. The number of aromatic amines is 1. The molecule has 0 aliphatic rings. The summed E-state index contributed by atoms with van der Waals surface area (Å²) in [5.41, 5.74) is 3.71. The first-order valence-electron chi connectivity index (χ1n) is 10.9. The van der Waals surface area contributed by atoms with Crippen LogP contribution in [-0.2, 0) is 16.1 Å². The SMILES string of the molecule is CCCCC(=O)N(Cc1ccc(-c2ccccc2-c2nnn[nH]2)cc1)[C@H](C(=O)O)C(C)C.[Cl-].[K+]. The van der Waals surface area contributed by atoms with Crippen molar-refractivity contribution in [3.63, 3.8) is 0 Å². The quantitative estimate of drug-likeness (QED) is 0.311. The van der Waals surface area contributed by atoms with Crippen molar-refractivity contribution in [2.24, 2.45) is 5.92 Å². The molecule has 2 aromatic carbocycles. The fourth-order valence-corrected chi connectivity index (χ4v) is 3.79. The number of carbonyl (C=O) groups excluding carboxylic acids is 1. The van der Waals surface area contributed by atoms with E-state index in [9.17, 15) is 14.7 Å². The number of unbranched alkanes of at least 4 members (excludes halogenated alkanes) is 1. The second-order valence-electron chi connectivity index (χ2n) is 8.14. The average molecular weight is 510 g/mol. The van der Waals surface area contributed by atoms with Gasteiger partial charge in [0.15, 0.2) is 5.82 Å². The maximum absolute atomic E-state index is 12.9. The van der Waals surface area contributed by atoms with Gasteiger partial charge in [-0.25, -0.2) is 9.89 Å². The van der Waals surface area contributed by atoms with Crippen LogP contribution in [0.15, 0.2) is 48.5 Å². The van der Waals surface area contributed by atoms with E-state index in [0.717, 1.165) is 35.1 Å². The third-order valence-corrected chi connectivity index (χ3v) is 5.43. The fraction of sp³-hybridized carbons (Fsp3) is 0.375. The molecule has 1 atom stereocenters. The Labute approximate surface area is 248 Å². The zero-order valence-electron chi connectivity index (χ0n) is 20.0. The van der Waals surface area contributed by atoms with Gasteiger partial charge < -0.3 is 22.4 Å². The van der Waals surface area contributed by atoms with Crippen molar-refractivity contribution in [2.45, 2.75) is 52.6 Å². The summed E-state index contributed by atoms with van der Waals surface area (Å²) in [5, 5.41) is 23.9. The summed E-state index contributed by atoms with van der Waals surface area (Å²) in [6.45, 7) is 5.93. The van der Waals surface area contributed by atoms with Crippen LogP contribution in [0.2, 0.25) is 0 Å². The van der Waals surface area contributed by atoms with Gasteiger partial charge in [-0.2, -0.15) is 0 Å². The Morgan fingerprint density at radius 3 is 2.24 bits per heavy atom. The minimum Gasteiger partial charge on any atom is -1.00 e. The number of carboxylic acid groups (broad SMARTS) is 1. The molecule has 34 heavy (non-hydrogen) atoms. The number of carbonyl (C=O) groups is 2. The van der Waals surface area contributed by atoms with Crippen LogP contribution in [0.5, 0.6) is 0 Å². The monoisotopic (exact) mass is 509 g/mol. The molecular weight excluding hydrogens is 481 g/mol. The van der Waals surface area contributed by atoms with E-state index in [2.05, 4.69) is 20.6 Å². The number of hydrogen-bond acceptors (Lipinski definition) is 5. The zero-order chi connectivity index (χ0) is 23.1. The minimum atomic E-state index is -0.976. The molecular formula is C24H29ClKN5O3. The van der Waals surface area contributed by atoms with Crippen LogP contribution >= 0.6 is 0 Å². The summed E-state index contributed by atoms with van der Waals surface area (Å²) in [5.74, 6) is -0.713. The third kappa shape index (κ3) is 7.69. The van der Waals surface area contributed by atoms with E-state index < -0.39 is 12.0 Å². The number of H-pyrrole nitrogens is 1. The van der Waals surface area contributed by atoms with E-state index in [1.807, 2.05) is 69.3 Å². The standard InChI is InChI=1S/C24H29N5O3.ClH.K/c1-4-5-10-21(30)29(22(16(2)3)24(31)32)15-17-11-13-18(14-12-17)19-8-6-7-9-20(19)23-25-27-28-26-23;;/h6-9,11-14,16,22H,4-5,10,15H2,1-3H3,(H,31,32)(H,25,26,27,28);1H;/q;;+1/p-1/t22-;;/m0../s1. The molecule has 0 aliphatic carbocycles. The van der Waals surface area contributed by atoms with Crippen molar-refractivity contribution >= 4 is 11.9 Å². The third-order valence-electron chi connectivity index (χ3n) is 5.43. The number of aliphatic carboxylic acids is 1. The van der Waals surface area contributed by atoms with Gasteiger partial charge in [0.2, 0.25) is 5.91 Å². The summed E-state index contributed by atoms with van der Waals surface area (Å²) in [6, 6.07) is 14.8. The molecule has 0 radical (unpaired) electrons. The predicted octanol–water partition coefficient (Wildman–Crippen LogP) is -1.83. The first kappa shape index (κ1) is 30.4. The van der Waals surface area contributed by atoms with Gasteiger partial charge in [0, 0.05) is 18.5 Å².